The van der Waals surface area contributed by atoms with E-state index in [-0.39, 0.29) is 11.9 Å². The van der Waals surface area contributed by atoms with Crippen molar-refractivity contribution in [2.75, 3.05) is 13.6 Å². The van der Waals surface area contributed by atoms with Crippen molar-refractivity contribution < 1.29 is 9.59 Å². The van der Waals surface area contributed by atoms with E-state index < -0.39 is 6.03 Å². The van der Waals surface area contributed by atoms with Crippen LogP contribution >= 0.6 is 0 Å². The molecule has 2 N–H and O–H groups in total. The van der Waals surface area contributed by atoms with Crippen molar-refractivity contribution in [2.24, 2.45) is 0 Å². The monoisotopic (exact) mass is 291 g/mol. The van der Waals surface area contributed by atoms with E-state index in [1.54, 1.807) is 13.8 Å². The Bertz CT molecular complexity index is 514. The van der Waals surface area contributed by atoms with Gasteiger partial charge in [0.05, 0.1) is 6.04 Å². The van der Waals surface area contributed by atoms with Crippen molar-refractivity contribution in [3.8, 4) is 0 Å². The van der Waals surface area contributed by atoms with Crippen LogP contribution in [0.15, 0.2) is 18.2 Å². The average Bonchev–Trinajstić information content (AvgIpc) is 2.41. The molecule has 1 aromatic rings. The van der Waals surface area contributed by atoms with Crippen LogP contribution < -0.4 is 10.6 Å². The van der Waals surface area contributed by atoms with Gasteiger partial charge in [-0.2, -0.15) is 0 Å². The highest BCUT2D eigenvalue weighted by Crippen LogP contribution is 2.13. The maximum atomic E-state index is 12.0. The van der Waals surface area contributed by atoms with Crippen molar-refractivity contribution in [1.82, 2.24) is 15.5 Å². The summed E-state index contributed by atoms with van der Waals surface area (Å²) in [6, 6.07) is 5.44. The zero-order chi connectivity index (χ0) is 16.0. The van der Waals surface area contributed by atoms with Gasteiger partial charge in [0.1, 0.15) is 0 Å². The smallest absolute Gasteiger partial charge is 0.321 e. The van der Waals surface area contributed by atoms with Crippen molar-refractivity contribution in [2.45, 2.75) is 40.3 Å². The Morgan fingerprint density at radius 1 is 1.29 bits per heavy atom. The number of nitrogens with zero attached hydrogens (tertiary/aromatic N) is 1. The molecule has 116 valence electrons. The van der Waals surface area contributed by atoms with Gasteiger partial charge in [0, 0.05) is 13.1 Å². The molecule has 3 amide bonds. The first-order valence-corrected chi connectivity index (χ1v) is 7.20. The van der Waals surface area contributed by atoms with Crippen LogP contribution in [0, 0.1) is 13.8 Å². The standard InChI is InChI=1S/C16H25N3O2/c1-6-17-16(21)18-15(20)13(4)19(5)10-14-8-7-11(2)9-12(14)3/h7-9,13H,6,10H2,1-5H3,(H2,17,18,20,21). The zero-order valence-corrected chi connectivity index (χ0v) is 13.5. The third kappa shape index (κ3) is 5.19. The molecule has 0 spiro atoms. The molecule has 0 aliphatic rings. The molecule has 0 heterocycles. The van der Waals surface area contributed by atoms with Crippen molar-refractivity contribution >= 4 is 11.9 Å². The fourth-order valence-corrected chi connectivity index (χ4v) is 2.05. The Labute approximate surface area is 126 Å². The summed E-state index contributed by atoms with van der Waals surface area (Å²) in [5.41, 5.74) is 3.61. The van der Waals surface area contributed by atoms with Crippen molar-refractivity contribution in [3.63, 3.8) is 0 Å². The normalized spacial score (nSPS) is 12.1. The number of hydrogen-bond acceptors (Lipinski definition) is 3. The number of carbonyl (C=O) groups is 2. The number of aryl methyl sites for hydroxylation is 2. The molecule has 0 radical (unpaired) electrons. The van der Waals surface area contributed by atoms with Gasteiger partial charge in [-0.25, -0.2) is 4.79 Å². The third-order valence-corrected chi connectivity index (χ3v) is 3.53. The van der Waals surface area contributed by atoms with E-state index in [0.717, 1.165) is 0 Å². The number of likely N-dealkylation sites (N-methyl/N-ethyl adjacent to an activating group) is 1. The quantitative estimate of drug-likeness (QED) is 0.872. The van der Waals surface area contributed by atoms with Crippen LogP contribution in [0.25, 0.3) is 0 Å². The lowest BCUT2D eigenvalue weighted by Crippen LogP contribution is -2.48. The van der Waals surface area contributed by atoms with Crippen LogP contribution in [-0.2, 0) is 11.3 Å². The lowest BCUT2D eigenvalue weighted by atomic mass is 10.0. The molecule has 1 unspecified atom stereocenters. The second-order valence-corrected chi connectivity index (χ2v) is 5.37. The summed E-state index contributed by atoms with van der Waals surface area (Å²) >= 11 is 0. The van der Waals surface area contributed by atoms with Gasteiger partial charge in [0.2, 0.25) is 5.91 Å². The van der Waals surface area contributed by atoms with Gasteiger partial charge in [-0.1, -0.05) is 23.8 Å². The van der Waals surface area contributed by atoms with Crippen LogP contribution in [-0.4, -0.2) is 36.5 Å². The Balaban J connectivity index is 2.63. The van der Waals surface area contributed by atoms with Gasteiger partial charge >= 0.3 is 6.03 Å². The minimum Gasteiger partial charge on any atom is -0.338 e. The summed E-state index contributed by atoms with van der Waals surface area (Å²) in [5.74, 6) is -0.298. The van der Waals surface area contributed by atoms with Crippen molar-refractivity contribution in [1.29, 1.82) is 0 Å². The SMILES string of the molecule is CCNC(=O)NC(=O)C(C)N(C)Cc1ccc(C)cc1C. The predicted molar refractivity (Wildman–Crippen MR) is 84.1 cm³/mol. The molecule has 0 bridgehead atoms. The number of amides is 3. The van der Waals surface area contributed by atoms with Crippen LogP contribution in [0.5, 0.6) is 0 Å². The number of benzene rings is 1. The topological polar surface area (TPSA) is 61.4 Å². The predicted octanol–water partition coefficient (Wildman–Crippen LogP) is 1.97. The minimum atomic E-state index is -0.450. The maximum absolute atomic E-state index is 12.0. The summed E-state index contributed by atoms with van der Waals surface area (Å²) < 4.78 is 0. The lowest BCUT2D eigenvalue weighted by molar-refractivity contribution is -0.124. The molecular formula is C16H25N3O2. The van der Waals surface area contributed by atoms with Crippen LogP contribution in [0.2, 0.25) is 0 Å². The van der Waals surface area contributed by atoms with Gasteiger partial charge in [0.25, 0.3) is 0 Å². The van der Waals surface area contributed by atoms with E-state index in [0.29, 0.717) is 13.1 Å². The van der Waals surface area contributed by atoms with Gasteiger partial charge in [-0.15, -0.1) is 0 Å². The Morgan fingerprint density at radius 2 is 1.95 bits per heavy atom. The maximum Gasteiger partial charge on any atom is 0.321 e. The molecule has 0 saturated carbocycles. The summed E-state index contributed by atoms with van der Waals surface area (Å²) in [5, 5.41) is 4.89. The molecule has 0 aliphatic heterocycles. The van der Waals surface area contributed by atoms with Crippen LogP contribution in [0.1, 0.15) is 30.5 Å². The fraction of sp³-hybridized carbons (Fsp3) is 0.500. The summed E-state index contributed by atoms with van der Waals surface area (Å²) in [6.45, 7) is 8.87. The largest absolute Gasteiger partial charge is 0.338 e. The van der Waals surface area contributed by atoms with Crippen molar-refractivity contribution in [3.05, 3.63) is 34.9 Å². The molecule has 5 nitrogen and oxygen atoms in total. The highest BCUT2D eigenvalue weighted by atomic mass is 16.2. The second kappa shape index (κ2) is 7.78. The first-order chi connectivity index (χ1) is 9.85. The number of rotatable bonds is 5. The highest BCUT2D eigenvalue weighted by molar-refractivity contribution is 5.96. The van der Waals surface area contributed by atoms with E-state index in [4.69, 9.17) is 0 Å². The summed E-state index contributed by atoms with van der Waals surface area (Å²) in [4.78, 5) is 25.3. The second-order valence-electron chi connectivity index (χ2n) is 5.37. The molecule has 0 aliphatic carbocycles. The molecular weight excluding hydrogens is 266 g/mol. The van der Waals surface area contributed by atoms with Crippen LogP contribution in [0.4, 0.5) is 4.79 Å². The summed E-state index contributed by atoms with van der Waals surface area (Å²) in [6.07, 6.45) is 0. The first-order valence-electron chi connectivity index (χ1n) is 7.20. The average molecular weight is 291 g/mol. The number of nitrogens with one attached hydrogen (secondary N) is 2. The number of urea groups is 1. The van der Waals surface area contributed by atoms with Gasteiger partial charge in [-0.05, 0) is 45.9 Å². The molecule has 21 heavy (non-hydrogen) atoms. The zero-order valence-electron chi connectivity index (χ0n) is 13.5. The minimum absolute atomic E-state index is 0.298. The molecule has 0 aromatic heterocycles. The molecule has 1 aromatic carbocycles. The highest BCUT2D eigenvalue weighted by Gasteiger charge is 2.20. The molecule has 1 atom stereocenters. The Morgan fingerprint density at radius 3 is 2.52 bits per heavy atom. The first kappa shape index (κ1) is 17.2. The number of hydrogen-bond donors (Lipinski definition) is 2. The Kier molecular flexibility index (Phi) is 6.37. The number of imide groups is 1. The fourth-order valence-electron chi connectivity index (χ4n) is 2.05. The van der Waals surface area contributed by atoms with E-state index in [9.17, 15) is 9.59 Å². The summed E-state index contributed by atoms with van der Waals surface area (Å²) in [7, 11) is 1.88. The van der Waals surface area contributed by atoms with E-state index in [2.05, 4.69) is 42.7 Å². The third-order valence-electron chi connectivity index (χ3n) is 3.53. The molecule has 5 heteroatoms. The molecule has 0 fully saturated rings. The van der Waals surface area contributed by atoms with E-state index in [1.807, 2.05) is 11.9 Å². The van der Waals surface area contributed by atoms with Gasteiger partial charge < -0.3 is 5.32 Å². The Hall–Kier alpha value is -1.88. The lowest BCUT2D eigenvalue weighted by Gasteiger charge is -2.24. The van der Waals surface area contributed by atoms with E-state index >= 15 is 0 Å². The van der Waals surface area contributed by atoms with Gasteiger partial charge in [0.15, 0.2) is 0 Å². The van der Waals surface area contributed by atoms with E-state index in [1.165, 1.54) is 16.7 Å². The van der Waals surface area contributed by atoms with Crippen LogP contribution in [0.3, 0.4) is 0 Å². The number of carbonyl (C=O) groups excluding carboxylic acids is 2. The molecule has 0 saturated heterocycles. The molecule has 1 rings (SSSR count). The van der Waals surface area contributed by atoms with Gasteiger partial charge in [-0.3, -0.25) is 15.0 Å².